The molecule has 6 nitrogen and oxygen atoms in total. The first-order valence-corrected chi connectivity index (χ1v) is 9.97. The van der Waals surface area contributed by atoms with E-state index in [0.29, 0.717) is 49.5 Å². The van der Waals surface area contributed by atoms with E-state index in [1.54, 1.807) is 28.6 Å². The summed E-state index contributed by atoms with van der Waals surface area (Å²) in [4.78, 5) is 0.324. The van der Waals surface area contributed by atoms with E-state index in [4.69, 9.17) is 9.47 Å². The first kappa shape index (κ1) is 22.2. The van der Waals surface area contributed by atoms with Gasteiger partial charge in [0.15, 0.2) is 0 Å². The third-order valence-corrected chi connectivity index (χ3v) is 6.02. The summed E-state index contributed by atoms with van der Waals surface area (Å²) in [5.74, 6) is 1.03. The van der Waals surface area contributed by atoms with Crippen LogP contribution in [0.1, 0.15) is 19.8 Å². The van der Waals surface area contributed by atoms with Gasteiger partial charge < -0.3 is 14.8 Å². The lowest BCUT2D eigenvalue weighted by atomic mass is 10.00. The molecule has 25 heavy (non-hydrogen) atoms. The molecule has 0 saturated carbocycles. The molecule has 1 saturated heterocycles. The maximum Gasteiger partial charge on any atom is 0.243 e. The van der Waals surface area contributed by atoms with Crippen molar-refractivity contribution in [2.75, 3.05) is 46.5 Å². The van der Waals surface area contributed by atoms with Gasteiger partial charge in [0.2, 0.25) is 10.0 Å². The lowest BCUT2D eigenvalue weighted by Crippen LogP contribution is -2.42. The Hall–Kier alpha value is -0.860. The average Bonchev–Trinajstić information content (AvgIpc) is 2.60. The summed E-state index contributed by atoms with van der Waals surface area (Å²) < 4.78 is 37.9. The molecule has 8 heteroatoms. The molecular formula is C17H29ClN2O4S. The van der Waals surface area contributed by atoms with Crippen molar-refractivity contribution in [1.82, 2.24) is 9.62 Å². The highest BCUT2D eigenvalue weighted by molar-refractivity contribution is 7.89. The second-order valence-electron chi connectivity index (χ2n) is 5.95. The molecule has 1 unspecified atom stereocenters. The first-order chi connectivity index (χ1) is 11.6. The molecule has 144 valence electrons. The largest absolute Gasteiger partial charge is 0.491 e. The maximum atomic E-state index is 12.8. The standard InChI is InChI=1S/C17H28N2O4S.ClH/c1-3-22-11-12-23-16-6-8-17(9-7-16)24(20,21)19-10-4-5-15(14-19)13-18-2;/h6-9,15,18H,3-5,10-14H2,1-2H3;1H. The highest BCUT2D eigenvalue weighted by Crippen LogP contribution is 2.24. The lowest BCUT2D eigenvalue weighted by molar-refractivity contribution is 0.110. The molecule has 0 spiro atoms. The van der Waals surface area contributed by atoms with Crippen LogP contribution in [-0.4, -0.2) is 59.2 Å². The Morgan fingerprint density at radius 2 is 1.96 bits per heavy atom. The minimum atomic E-state index is -3.43. The van der Waals surface area contributed by atoms with Gasteiger partial charge in [-0.05, 0) is 63.5 Å². The van der Waals surface area contributed by atoms with Crippen LogP contribution in [0.2, 0.25) is 0 Å². The molecule has 1 aliphatic rings. The third-order valence-electron chi connectivity index (χ3n) is 4.14. The number of nitrogens with zero attached hydrogens (tertiary/aromatic N) is 1. The number of sulfonamides is 1. The number of halogens is 1. The van der Waals surface area contributed by atoms with Gasteiger partial charge in [-0.15, -0.1) is 12.4 Å². The van der Waals surface area contributed by atoms with Crippen molar-refractivity contribution in [2.45, 2.75) is 24.7 Å². The molecule has 0 radical (unpaired) electrons. The smallest absolute Gasteiger partial charge is 0.243 e. The second kappa shape index (κ2) is 11.0. The van der Waals surface area contributed by atoms with Crippen molar-refractivity contribution in [3.8, 4) is 5.75 Å². The minimum Gasteiger partial charge on any atom is -0.491 e. The molecule has 1 aromatic carbocycles. The van der Waals surface area contributed by atoms with Crippen LogP contribution < -0.4 is 10.1 Å². The summed E-state index contributed by atoms with van der Waals surface area (Å²) in [7, 11) is -1.53. The zero-order chi connectivity index (χ0) is 17.4. The first-order valence-electron chi connectivity index (χ1n) is 8.53. The summed E-state index contributed by atoms with van der Waals surface area (Å²) in [5, 5.41) is 3.14. The summed E-state index contributed by atoms with van der Waals surface area (Å²) in [5.41, 5.74) is 0. The number of piperidine rings is 1. The van der Waals surface area contributed by atoms with Crippen LogP contribution in [-0.2, 0) is 14.8 Å². The van der Waals surface area contributed by atoms with Crippen LogP contribution >= 0.6 is 12.4 Å². The van der Waals surface area contributed by atoms with Crippen LogP contribution in [0.25, 0.3) is 0 Å². The van der Waals surface area contributed by atoms with Crippen molar-refractivity contribution >= 4 is 22.4 Å². The van der Waals surface area contributed by atoms with Gasteiger partial charge in [-0.1, -0.05) is 0 Å². The quantitative estimate of drug-likeness (QED) is 0.652. The van der Waals surface area contributed by atoms with Gasteiger partial charge in [-0.3, -0.25) is 0 Å². The molecule has 1 atom stereocenters. The number of nitrogens with one attached hydrogen (secondary N) is 1. The Balaban J connectivity index is 0.00000312. The van der Waals surface area contributed by atoms with Crippen molar-refractivity contribution in [3.63, 3.8) is 0 Å². The van der Waals surface area contributed by atoms with Gasteiger partial charge in [-0.2, -0.15) is 4.31 Å². The van der Waals surface area contributed by atoms with Gasteiger partial charge in [0, 0.05) is 19.7 Å². The van der Waals surface area contributed by atoms with Crippen LogP contribution in [0.15, 0.2) is 29.2 Å². The molecule has 1 fully saturated rings. The van der Waals surface area contributed by atoms with E-state index >= 15 is 0 Å². The van der Waals surface area contributed by atoms with Gasteiger partial charge in [0.1, 0.15) is 12.4 Å². The molecule has 1 heterocycles. The van der Waals surface area contributed by atoms with Gasteiger partial charge >= 0.3 is 0 Å². The number of benzene rings is 1. The van der Waals surface area contributed by atoms with Crippen LogP contribution in [0, 0.1) is 5.92 Å². The van der Waals surface area contributed by atoms with Crippen molar-refractivity contribution in [3.05, 3.63) is 24.3 Å². The van der Waals surface area contributed by atoms with Crippen LogP contribution in [0.4, 0.5) is 0 Å². The number of hydrogen-bond donors (Lipinski definition) is 1. The Bertz CT molecular complexity index is 593. The molecule has 0 aliphatic carbocycles. The number of rotatable bonds is 9. The molecular weight excluding hydrogens is 364 g/mol. The predicted octanol–water partition coefficient (Wildman–Crippen LogP) is 2.14. The number of ether oxygens (including phenoxy) is 2. The van der Waals surface area contributed by atoms with E-state index in [9.17, 15) is 8.42 Å². The monoisotopic (exact) mass is 392 g/mol. The fourth-order valence-electron chi connectivity index (χ4n) is 2.92. The molecule has 1 N–H and O–H groups in total. The fraction of sp³-hybridized carbons (Fsp3) is 0.647. The second-order valence-corrected chi connectivity index (χ2v) is 7.88. The predicted molar refractivity (Wildman–Crippen MR) is 101 cm³/mol. The fourth-order valence-corrected chi connectivity index (χ4v) is 4.47. The molecule has 2 rings (SSSR count). The third kappa shape index (κ3) is 6.42. The Morgan fingerprint density at radius 1 is 1.24 bits per heavy atom. The highest BCUT2D eigenvalue weighted by Gasteiger charge is 2.29. The van der Waals surface area contributed by atoms with Gasteiger partial charge in [-0.25, -0.2) is 8.42 Å². The SMILES string of the molecule is CCOCCOc1ccc(S(=O)(=O)N2CCCC(CNC)C2)cc1.Cl. The Morgan fingerprint density at radius 3 is 2.60 bits per heavy atom. The van der Waals surface area contributed by atoms with Crippen molar-refractivity contribution < 1.29 is 17.9 Å². The van der Waals surface area contributed by atoms with E-state index in [-0.39, 0.29) is 12.4 Å². The summed E-state index contributed by atoms with van der Waals surface area (Å²) >= 11 is 0. The van der Waals surface area contributed by atoms with E-state index < -0.39 is 10.0 Å². The highest BCUT2D eigenvalue weighted by atomic mass is 35.5. The summed E-state index contributed by atoms with van der Waals surface area (Å²) in [6.07, 6.45) is 1.98. The van der Waals surface area contributed by atoms with E-state index in [2.05, 4.69) is 5.32 Å². The maximum absolute atomic E-state index is 12.8. The Labute approximate surface area is 157 Å². The van der Waals surface area contributed by atoms with Gasteiger partial charge in [0.25, 0.3) is 0 Å². The lowest BCUT2D eigenvalue weighted by Gasteiger charge is -2.31. The van der Waals surface area contributed by atoms with Gasteiger partial charge in [0.05, 0.1) is 11.5 Å². The normalized spacial score (nSPS) is 18.6. The molecule has 0 bridgehead atoms. The summed E-state index contributed by atoms with van der Waals surface area (Å²) in [6, 6.07) is 6.64. The number of hydrogen-bond acceptors (Lipinski definition) is 5. The topological polar surface area (TPSA) is 67.9 Å². The zero-order valence-electron chi connectivity index (χ0n) is 14.9. The molecule has 0 aromatic heterocycles. The molecule has 1 aromatic rings. The van der Waals surface area contributed by atoms with Crippen LogP contribution in [0.3, 0.4) is 0 Å². The molecule has 1 aliphatic heterocycles. The van der Waals surface area contributed by atoms with E-state index in [1.165, 1.54) is 0 Å². The van der Waals surface area contributed by atoms with Crippen molar-refractivity contribution in [2.24, 2.45) is 5.92 Å². The Kier molecular flexibility index (Phi) is 9.74. The van der Waals surface area contributed by atoms with E-state index in [1.807, 2.05) is 14.0 Å². The van der Waals surface area contributed by atoms with Crippen molar-refractivity contribution in [1.29, 1.82) is 0 Å². The minimum absolute atomic E-state index is 0. The summed E-state index contributed by atoms with van der Waals surface area (Å²) in [6.45, 7) is 5.59. The molecule has 0 amide bonds. The van der Waals surface area contributed by atoms with Crippen LogP contribution in [0.5, 0.6) is 5.75 Å². The zero-order valence-corrected chi connectivity index (χ0v) is 16.6. The average molecular weight is 393 g/mol. The van der Waals surface area contributed by atoms with E-state index in [0.717, 1.165) is 19.4 Å².